The summed E-state index contributed by atoms with van der Waals surface area (Å²) in [5, 5.41) is 0. The van der Waals surface area contributed by atoms with E-state index in [0.717, 1.165) is 12.8 Å². The number of carbonyl (C=O) groups is 1. The normalized spacial score (nSPS) is 21.2. The molecule has 108 valence electrons. The van der Waals surface area contributed by atoms with Crippen LogP contribution in [0.5, 0.6) is 0 Å². The van der Waals surface area contributed by atoms with Gasteiger partial charge in [-0.15, -0.1) is 12.4 Å². The zero-order chi connectivity index (χ0) is 12.9. The fourth-order valence-corrected chi connectivity index (χ4v) is 2.46. The highest BCUT2D eigenvalue weighted by molar-refractivity contribution is 5.85. The number of piperidine rings is 1. The largest absolute Gasteiger partial charge is 0.466 e. The summed E-state index contributed by atoms with van der Waals surface area (Å²) in [4.78, 5) is 14.2. The number of ether oxygens (including phenoxy) is 1. The molecule has 1 rings (SSSR count). The van der Waals surface area contributed by atoms with E-state index < -0.39 is 0 Å². The van der Waals surface area contributed by atoms with Crippen molar-refractivity contribution in [3.05, 3.63) is 0 Å². The number of rotatable bonds is 5. The first-order chi connectivity index (χ1) is 7.97. The Balaban J connectivity index is 0.00000289. The lowest BCUT2D eigenvalue weighted by molar-refractivity contribution is -0.154. The van der Waals surface area contributed by atoms with Crippen molar-refractivity contribution in [3.8, 4) is 0 Å². The number of esters is 1. The lowest BCUT2D eigenvalue weighted by Gasteiger charge is -2.34. The summed E-state index contributed by atoms with van der Waals surface area (Å²) in [6.07, 6.45) is 5.93. The Morgan fingerprint density at radius 1 is 1.39 bits per heavy atom. The highest BCUT2D eigenvalue weighted by Crippen LogP contribution is 2.28. The van der Waals surface area contributed by atoms with Crippen molar-refractivity contribution in [2.24, 2.45) is 5.41 Å². The van der Waals surface area contributed by atoms with Crippen molar-refractivity contribution in [2.75, 3.05) is 20.2 Å². The van der Waals surface area contributed by atoms with Crippen LogP contribution >= 0.6 is 12.4 Å². The van der Waals surface area contributed by atoms with Gasteiger partial charge < -0.3 is 9.64 Å². The zero-order valence-electron chi connectivity index (χ0n) is 12.2. The topological polar surface area (TPSA) is 29.5 Å². The molecule has 1 aliphatic heterocycles. The summed E-state index contributed by atoms with van der Waals surface area (Å²) in [6.45, 7) is 7.53. The Bertz CT molecular complexity index is 256. The van der Waals surface area contributed by atoms with Crippen LogP contribution in [0.4, 0.5) is 0 Å². The Morgan fingerprint density at radius 2 is 2.06 bits per heavy atom. The maximum Gasteiger partial charge on any atom is 0.311 e. The summed E-state index contributed by atoms with van der Waals surface area (Å²) in [5.74, 6) is -0.0570. The highest BCUT2D eigenvalue weighted by atomic mass is 35.5. The third-order valence-corrected chi connectivity index (χ3v) is 3.85. The zero-order valence-corrected chi connectivity index (χ0v) is 13.0. The molecule has 0 bridgehead atoms. The van der Waals surface area contributed by atoms with Gasteiger partial charge in [-0.2, -0.15) is 0 Å². The van der Waals surface area contributed by atoms with Gasteiger partial charge in [0, 0.05) is 6.04 Å². The molecule has 0 aromatic heterocycles. The summed E-state index contributed by atoms with van der Waals surface area (Å²) in [7, 11) is 2.20. The van der Waals surface area contributed by atoms with Crippen LogP contribution in [0.25, 0.3) is 0 Å². The lowest BCUT2D eigenvalue weighted by Crippen LogP contribution is -2.38. The number of carbonyl (C=O) groups excluding carboxylic acids is 1. The summed E-state index contributed by atoms with van der Waals surface area (Å²) in [6, 6.07) is 0.650. The first-order valence-electron chi connectivity index (χ1n) is 6.85. The summed E-state index contributed by atoms with van der Waals surface area (Å²) < 4.78 is 5.12. The molecule has 3 nitrogen and oxygen atoms in total. The van der Waals surface area contributed by atoms with E-state index in [2.05, 4.69) is 11.9 Å². The number of hydrogen-bond acceptors (Lipinski definition) is 3. The van der Waals surface area contributed by atoms with Crippen molar-refractivity contribution in [1.29, 1.82) is 0 Å². The van der Waals surface area contributed by atoms with Gasteiger partial charge >= 0.3 is 5.97 Å². The molecule has 0 saturated carbocycles. The van der Waals surface area contributed by atoms with Crippen LogP contribution in [0, 0.1) is 5.41 Å². The molecular formula is C14H28ClNO2. The number of likely N-dealkylation sites (tertiary alicyclic amines) is 1. The molecule has 18 heavy (non-hydrogen) atoms. The predicted molar refractivity (Wildman–Crippen MR) is 77.2 cm³/mol. The first kappa shape index (κ1) is 17.7. The molecule has 1 fully saturated rings. The SMILES string of the molecule is CCOC(=O)C(C)(C)CCC1CCCCN1C.Cl. The standard InChI is InChI=1S/C14H27NO2.ClH/c1-5-17-13(16)14(2,3)10-9-12-8-6-7-11-15(12)4;/h12H,5-11H2,1-4H3;1H. The molecule has 4 heteroatoms. The molecule has 1 saturated heterocycles. The average molecular weight is 278 g/mol. The second-order valence-electron chi connectivity index (χ2n) is 5.77. The average Bonchev–Trinajstić information content (AvgIpc) is 2.28. The molecule has 0 aliphatic carbocycles. The van der Waals surface area contributed by atoms with Crippen molar-refractivity contribution < 1.29 is 9.53 Å². The van der Waals surface area contributed by atoms with Crippen molar-refractivity contribution >= 4 is 18.4 Å². The molecule has 1 unspecified atom stereocenters. The van der Waals surface area contributed by atoms with E-state index in [9.17, 15) is 4.79 Å². The Kier molecular flexibility index (Phi) is 7.88. The molecule has 0 spiro atoms. The monoisotopic (exact) mass is 277 g/mol. The molecule has 0 aromatic carbocycles. The molecule has 0 radical (unpaired) electrons. The first-order valence-corrected chi connectivity index (χ1v) is 6.85. The van der Waals surface area contributed by atoms with E-state index in [-0.39, 0.29) is 23.8 Å². The van der Waals surface area contributed by atoms with E-state index >= 15 is 0 Å². The smallest absolute Gasteiger partial charge is 0.311 e. The quantitative estimate of drug-likeness (QED) is 0.723. The molecule has 0 N–H and O–H groups in total. The van der Waals surface area contributed by atoms with E-state index in [0.29, 0.717) is 12.6 Å². The van der Waals surface area contributed by atoms with Crippen molar-refractivity contribution in [1.82, 2.24) is 4.90 Å². The second-order valence-corrected chi connectivity index (χ2v) is 5.77. The van der Waals surface area contributed by atoms with E-state index in [1.54, 1.807) is 0 Å². The van der Waals surface area contributed by atoms with E-state index in [4.69, 9.17) is 4.74 Å². The number of hydrogen-bond donors (Lipinski definition) is 0. The number of halogens is 1. The minimum absolute atomic E-state index is 0. The van der Waals surface area contributed by atoms with Crippen LogP contribution in [0.15, 0.2) is 0 Å². The van der Waals surface area contributed by atoms with Crippen molar-refractivity contribution in [2.45, 2.75) is 58.9 Å². The van der Waals surface area contributed by atoms with Gasteiger partial charge in [0.25, 0.3) is 0 Å². The van der Waals surface area contributed by atoms with Gasteiger partial charge in [0.15, 0.2) is 0 Å². The van der Waals surface area contributed by atoms with Gasteiger partial charge in [0.1, 0.15) is 0 Å². The van der Waals surface area contributed by atoms with Gasteiger partial charge in [-0.25, -0.2) is 0 Å². The van der Waals surface area contributed by atoms with Crippen LogP contribution in [-0.2, 0) is 9.53 Å². The predicted octanol–water partition coefficient (Wildman–Crippen LogP) is 3.26. The molecular weight excluding hydrogens is 250 g/mol. The second kappa shape index (κ2) is 8.00. The van der Waals surface area contributed by atoms with E-state index in [1.165, 1.54) is 25.8 Å². The van der Waals surface area contributed by atoms with Crippen LogP contribution in [-0.4, -0.2) is 37.1 Å². The molecule has 1 atom stereocenters. The van der Waals surface area contributed by atoms with Gasteiger partial charge in [0.2, 0.25) is 0 Å². The van der Waals surface area contributed by atoms with E-state index in [1.807, 2.05) is 20.8 Å². The van der Waals surface area contributed by atoms with Gasteiger partial charge in [-0.05, 0) is 60.0 Å². The maximum atomic E-state index is 11.8. The summed E-state index contributed by atoms with van der Waals surface area (Å²) in [5.41, 5.74) is -0.339. The van der Waals surface area contributed by atoms with Gasteiger partial charge in [-0.1, -0.05) is 6.42 Å². The van der Waals surface area contributed by atoms with Crippen LogP contribution in [0.1, 0.15) is 52.9 Å². The Labute approximate surface area is 118 Å². The van der Waals surface area contributed by atoms with Crippen LogP contribution in [0.3, 0.4) is 0 Å². The van der Waals surface area contributed by atoms with Crippen molar-refractivity contribution in [3.63, 3.8) is 0 Å². The minimum atomic E-state index is -0.339. The highest BCUT2D eigenvalue weighted by Gasteiger charge is 2.30. The summed E-state index contributed by atoms with van der Waals surface area (Å²) >= 11 is 0. The maximum absolute atomic E-state index is 11.8. The Hall–Kier alpha value is -0.280. The fourth-order valence-electron chi connectivity index (χ4n) is 2.46. The lowest BCUT2D eigenvalue weighted by atomic mass is 9.84. The van der Waals surface area contributed by atoms with Gasteiger partial charge in [0.05, 0.1) is 12.0 Å². The third kappa shape index (κ3) is 5.15. The Morgan fingerprint density at radius 3 is 2.61 bits per heavy atom. The fraction of sp³-hybridized carbons (Fsp3) is 0.929. The van der Waals surface area contributed by atoms with Crippen LogP contribution in [0.2, 0.25) is 0 Å². The third-order valence-electron chi connectivity index (χ3n) is 3.85. The van der Waals surface area contributed by atoms with Gasteiger partial charge in [-0.3, -0.25) is 4.79 Å². The number of nitrogens with zero attached hydrogens (tertiary/aromatic N) is 1. The molecule has 1 aliphatic rings. The molecule has 0 amide bonds. The minimum Gasteiger partial charge on any atom is -0.466 e. The molecule has 1 heterocycles. The van der Waals surface area contributed by atoms with Crippen LogP contribution < -0.4 is 0 Å². The molecule has 0 aromatic rings.